The van der Waals surface area contributed by atoms with Crippen LogP contribution in [0.3, 0.4) is 0 Å². The molecule has 2 rings (SSSR count). The van der Waals surface area contributed by atoms with Crippen molar-refractivity contribution >= 4 is 11.0 Å². The normalized spacial score (nSPS) is 11.6. The van der Waals surface area contributed by atoms with E-state index in [1.54, 1.807) is 12.4 Å². The maximum absolute atomic E-state index is 4.48. The SMILES string of the molecule is CC(C)c1ccc2nccnc2c1C(C)C. The zero-order valence-corrected chi connectivity index (χ0v) is 10.4. The van der Waals surface area contributed by atoms with Gasteiger partial charge in [-0.25, -0.2) is 0 Å². The van der Waals surface area contributed by atoms with Gasteiger partial charge < -0.3 is 0 Å². The van der Waals surface area contributed by atoms with E-state index >= 15 is 0 Å². The van der Waals surface area contributed by atoms with E-state index in [4.69, 9.17) is 0 Å². The first-order valence-electron chi connectivity index (χ1n) is 5.84. The zero-order valence-electron chi connectivity index (χ0n) is 10.4. The number of hydrogen-bond acceptors (Lipinski definition) is 2. The topological polar surface area (TPSA) is 25.8 Å². The van der Waals surface area contributed by atoms with E-state index in [0.717, 1.165) is 11.0 Å². The standard InChI is InChI=1S/C14H18N2/c1-9(2)11-5-6-12-14(13(11)10(3)4)16-8-7-15-12/h5-10H,1-4H3. The number of benzene rings is 1. The van der Waals surface area contributed by atoms with Crippen LogP contribution in [0.25, 0.3) is 11.0 Å². The van der Waals surface area contributed by atoms with Crippen LogP contribution in [-0.4, -0.2) is 9.97 Å². The third-order valence-electron chi connectivity index (χ3n) is 2.91. The van der Waals surface area contributed by atoms with Gasteiger partial charge in [0.25, 0.3) is 0 Å². The molecule has 0 saturated carbocycles. The maximum atomic E-state index is 4.48. The largest absolute Gasteiger partial charge is 0.253 e. The molecule has 16 heavy (non-hydrogen) atoms. The van der Waals surface area contributed by atoms with Gasteiger partial charge in [0.2, 0.25) is 0 Å². The second kappa shape index (κ2) is 4.20. The molecule has 0 aliphatic heterocycles. The average molecular weight is 214 g/mol. The zero-order chi connectivity index (χ0) is 11.7. The van der Waals surface area contributed by atoms with Gasteiger partial charge in [0.05, 0.1) is 11.0 Å². The third kappa shape index (κ3) is 1.80. The number of nitrogens with zero attached hydrogens (tertiary/aromatic N) is 2. The fourth-order valence-corrected chi connectivity index (χ4v) is 2.18. The lowest BCUT2D eigenvalue weighted by Crippen LogP contribution is -2.01. The Balaban J connectivity index is 2.79. The van der Waals surface area contributed by atoms with Gasteiger partial charge in [-0.15, -0.1) is 0 Å². The Bertz CT molecular complexity index is 501. The summed E-state index contributed by atoms with van der Waals surface area (Å²) in [5, 5.41) is 0. The lowest BCUT2D eigenvalue weighted by atomic mass is 9.89. The predicted octanol–water partition coefficient (Wildman–Crippen LogP) is 3.88. The van der Waals surface area contributed by atoms with Crippen molar-refractivity contribution in [3.8, 4) is 0 Å². The van der Waals surface area contributed by atoms with Crippen molar-refractivity contribution in [3.05, 3.63) is 35.7 Å². The van der Waals surface area contributed by atoms with Crippen molar-refractivity contribution in [3.63, 3.8) is 0 Å². The van der Waals surface area contributed by atoms with Gasteiger partial charge in [0, 0.05) is 12.4 Å². The van der Waals surface area contributed by atoms with E-state index in [-0.39, 0.29) is 0 Å². The second-order valence-corrected chi connectivity index (χ2v) is 4.80. The summed E-state index contributed by atoms with van der Waals surface area (Å²) in [6.45, 7) is 8.89. The van der Waals surface area contributed by atoms with Gasteiger partial charge in [0.1, 0.15) is 0 Å². The van der Waals surface area contributed by atoms with Crippen molar-refractivity contribution < 1.29 is 0 Å². The molecule has 1 aromatic carbocycles. The van der Waals surface area contributed by atoms with Crippen LogP contribution in [0.15, 0.2) is 24.5 Å². The van der Waals surface area contributed by atoms with Gasteiger partial charge in [-0.3, -0.25) is 9.97 Å². The van der Waals surface area contributed by atoms with Gasteiger partial charge in [0.15, 0.2) is 0 Å². The van der Waals surface area contributed by atoms with E-state index in [1.165, 1.54) is 11.1 Å². The summed E-state index contributed by atoms with van der Waals surface area (Å²) in [5.41, 5.74) is 4.79. The van der Waals surface area contributed by atoms with Crippen LogP contribution in [0.2, 0.25) is 0 Å². The Morgan fingerprint density at radius 3 is 2.19 bits per heavy atom. The lowest BCUT2D eigenvalue weighted by molar-refractivity contribution is 0.795. The van der Waals surface area contributed by atoms with E-state index in [0.29, 0.717) is 11.8 Å². The summed E-state index contributed by atoms with van der Waals surface area (Å²) in [4.78, 5) is 8.85. The smallest absolute Gasteiger partial charge is 0.0924 e. The molecule has 0 aliphatic rings. The highest BCUT2D eigenvalue weighted by Crippen LogP contribution is 2.30. The van der Waals surface area contributed by atoms with Gasteiger partial charge in [-0.2, -0.15) is 0 Å². The summed E-state index contributed by atoms with van der Waals surface area (Å²) >= 11 is 0. The lowest BCUT2D eigenvalue weighted by Gasteiger charge is -2.17. The van der Waals surface area contributed by atoms with Crippen molar-refractivity contribution in [2.24, 2.45) is 0 Å². The van der Waals surface area contributed by atoms with Crippen LogP contribution in [0.4, 0.5) is 0 Å². The molecule has 84 valence electrons. The highest BCUT2D eigenvalue weighted by Gasteiger charge is 2.14. The van der Waals surface area contributed by atoms with Crippen LogP contribution in [0, 0.1) is 0 Å². The molecule has 0 radical (unpaired) electrons. The van der Waals surface area contributed by atoms with Gasteiger partial charge >= 0.3 is 0 Å². The van der Waals surface area contributed by atoms with Crippen LogP contribution >= 0.6 is 0 Å². The number of hydrogen-bond donors (Lipinski definition) is 0. The summed E-state index contributed by atoms with van der Waals surface area (Å²) in [7, 11) is 0. The Labute approximate surface area is 96.7 Å². The number of fused-ring (bicyclic) bond motifs is 1. The minimum Gasteiger partial charge on any atom is -0.253 e. The molecule has 0 aliphatic carbocycles. The third-order valence-corrected chi connectivity index (χ3v) is 2.91. The molecule has 2 heteroatoms. The van der Waals surface area contributed by atoms with E-state index in [9.17, 15) is 0 Å². The maximum Gasteiger partial charge on any atom is 0.0924 e. The molecular formula is C14H18N2. The van der Waals surface area contributed by atoms with Crippen molar-refractivity contribution in [1.82, 2.24) is 9.97 Å². The fourth-order valence-electron chi connectivity index (χ4n) is 2.18. The first-order chi connectivity index (χ1) is 7.61. The Morgan fingerprint density at radius 1 is 0.875 bits per heavy atom. The Hall–Kier alpha value is -1.44. The molecule has 0 N–H and O–H groups in total. The molecule has 0 unspecified atom stereocenters. The summed E-state index contributed by atoms with van der Waals surface area (Å²) in [6.07, 6.45) is 3.53. The molecular weight excluding hydrogens is 196 g/mol. The Kier molecular flexibility index (Phi) is 2.90. The van der Waals surface area contributed by atoms with E-state index in [1.807, 2.05) is 0 Å². The molecule has 0 fully saturated rings. The van der Waals surface area contributed by atoms with Crippen molar-refractivity contribution in [2.75, 3.05) is 0 Å². The molecule has 1 heterocycles. The average Bonchev–Trinajstić information content (AvgIpc) is 2.27. The minimum absolute atomic E-state index is 0.484. The van der Waals surface area contributed by atoms with Crippen LogP contribution < -0.4 is 0 Å². The molecule has 2 aromatic rings. The van der Waals surface area contributed by atoms with Crippen LogP contribution in [0.5, 0.6) is 0 Å². The quantitative estimate of drug-likeness (QED) is 0.758. The molecule has 1 aromatic heterocycles. The number of rotatable bonds is 2. The first-order valence-corrected chi connectivity index (χ1v) is 5.84. The molecule has 0 amide bonds. The highest BCUT2D eigenvalue weighted by molar-refractivity contribution is 5.79. The van der Waals surface area contributed by atoms with Gasteiger partial charge in [-0.05, 0) is 29.0 Å². The number of aromatic nitrogens is 2. The highest BCUT2D eigenvalue weighted by atomic mass is 14.8. The molecule has 0 bridgehead atoms. The summed E-state index contributed by atoms with van der Waals surface area (Å²) in [5.74, 6) is 1.02. The molecule has 2 nitrogen and oxygen atoms in total. The second-order valence-electron chi connectivity index (χ2n) is 4.80. The van der Waals surface area contributed by atoms with Crippen molar-refractivity contribution in [1.29, 1.82) is 0 Å². The first kappa shape index (κ1) is 11.1. The fraction of sp³-hybridized carbons (Fsp3) is 0.429. The van der Waals surface area contributed by atoms with E-state index in [2.05, 4.69) is 49.8 Å². The Morgan fingerprint density at radius 2 is 1.56 bits per heavy atom. The minimum atomic E-state index is 0.484. The predicted molar refractivity (Wildman–Crippen MR) is 67.7 cm³/mol. The molecule has 0 saturated heterocycles. The van der Waals surface area contributed by atoms with E-state index < -0.39 is 0 Å². The van der Waals surface area contributed by atoms with Crippen LogP contribution in [0.1, 0.15) is 50.7 Å². The monoisotopic (exact) mass is 214 g/mol. The summed E-state index contributed by atoms with van der Waals surface area (Å²) in [6, 6.07) is 4.26. The summed E-state index contributed by atoms with van der Waals surface area (Å²) < 4.78 is 0. The van der Waals surface area contributed by atoms with Crippen LogP contribution in [-0.2, 0) is 0 Å². The van der Waals surface area contributed by atoms with Gasteiger partial charge in [-0.1, -0.05) is 33.8 Å². The van der Waals surface area contributed by atoms with Crippen molar-refractivity contribution in [2.45, 2.75) is 39.5 Å². The molecule has 0 spiro atoms. The molecule has 0 atom stereocenters.